The zero-order valence-corrected chi connectivity index (χ0v) is 11.6. The molecule has 1 unspecified atom stereocenters. The number of anilines is 1. The third-order valence-electron chi connectivity index (χ3n) is 3.63. The maximum atomic E-state index is 11.6. The Morgan fingerprint density at radius 2 is 1.81 bits per heavy atom. The average Bonchev–Trinajstić information content (AvgIpc) is 3.20. The van der Waals surface area contributed by atoms with Crippen molar-refractivity contribution in [3.05, 3.63) is 29.8 Å². The molecule has 5 N–H and O–H groups in total. The van der Waals surface area contributed by atoms with Crippen molar-refractivity contribution in [1.82, 2.24) is 5.32 Å². The lowest BCUT2D eigenvalue weighted by atomic mass is 9.96. The Labute approximate surface area is 121 Å². The standard InChI is InChI=1S/C14H17N3O4/c1-8(11(15)18)16-13(21)17-10-4-2-9(3-5-10)14(6-7-14)12(19)20/h2-5,8H,6-7H2,1H3,(H2,15,18)(H,19,20)(H2,16,17,21). The van der Waals surface area contributed by atoms with Gasteiger partial charge in [0.05, 0.1) is 5.41 Å². The van der Waals surface area contributed by atoms with Gasteiger partial charge in [-0.05, 0) is 37.5 Å². The fourth-order valence-corrected chi connectivity index (χ4v) is 2.06. The van der Waals surface area contributed by atoms with Crippen LogP contribution >= 0.6 is 0 Å². The van der Waals surface area contributed by atoms with E-state index in [0.29, 0.717) is 18.5 Å². The SMILES string of the molecule is CC(NC(=O)Nc1ccc(C2(C(=O)O)CC2)cc1)C(N)=O. The summed E-state index contributed by atoms with van der Waals surface area (Å²) in [7, 11) is 0. The van der Waals surface area contributed by atoms with Gasteiger partial charge in [-0.25, -0.2) is 4.79 Å². The maximum absolute atomic E-state index is 11.6. The van der Waals surface area contributed by atoms with Crippen LogP contribution in [0.25, 0.3) is 0 Å². The van der Waals surface area contributed by atoms with E-state index in [9.17, 15) is 19.5 Å². The number of aliphatic carboxylic acids is 1. The van der Waals surface area contributed by atoms with Gasteiger partial charge in [-0.15, -0.1) is 0 Å². The second-order valence-corrected chi connectivity index (χ2v) is 5.19. The van der Waals surface area contributed by atoms with Gasteiger partial charge in [-0.1, -0.05) is 12.1 Å². The Morgan fingerprint density at radius 3 is 2.24 bits per heavy atom. The molecule has 0 heterocycles. The third kappa shape index (κ3) is 3.13. The summed E-state index contributed by atoms with van der Waals surface area (Å²) < 4.78 is 0. The van der Waals surface area contributed by atoms with Crippen LogP contribution in [0.1, 0.15) is 25.3 Å². The van der Waals surface area contributed by atoms with Crippen LogP contribution in [0.15, 0.2) is 24.3 Å². The van der Waals surface area contributed by atoms with E-state index in [2.05, 4.69) is 10.6 Å². The molecule has 1 fully saturated rings. The predicted molar refractivity (Wildman–Crippen MR) is 75.8 cm³/mol. The number of amides is 3. The highest BCUT2D eigenvalue weighted by atomic mass is 16.4. The van der Waals surface area contributed by atoms with Crippen LogP contribution < -0.4 is 16.4 Å². The molecule has 3 amide bonds. The molecule has 1 aliphatic rings. The molecule has 0 radical (unpaired) electrons. The zero-order valence-electron chi connectivity index (χ0n) is 11.6. The molecule has 2 rings (SSSR count). The average molecular weight is 291 g/mol. The normalized spacial score (nSPS) is 16.6. The lowest BCUT2D eigenvalue weighted by Crippen LogP contribution is -2.44. The van der Waals surface area contributed by atoms with Crippen LogP contribution in [0.4, 0.5) is 10.5 Å². The number of primary amides is 1. The number of carbonyl (C=O) groups is 3. The summed E-state index contributed by atoms with van der Waals surface area (Å²) >= 11 is 0. The minimum Gasteiger partial charge on any atom is -0.481 e. The Kier molecular flexibility index (Phi) is 3.84. The summed E-state index contributed by atoms with van der Waals surface area (Å²) in [6.45, 7) is 1.48. The van der Waals surface area contributed by atoms with Gasteiger partial charge < -0.3 is 21.5 Å². The summed E-state index contributed by atoms with van der Waals surface area (Å²) in [5, 5.41) is 14.1. The monoisotopic (exact) mass is 291 g/mol. The Balaban J connectivity index is 1.99. The number of hydrogen-bond donors (Lipinski definition) is 4. The van der Waals surface area contributed by atoms with Crippen LogP contribution in [0.3, 0.4) is 0 Å². The highest BCUT2D eigenvalue weighted by Gasteiger charge is 2.51. The van der Waals surface area contributed by atoms with E-state index < -0.39 is 29.4 Å². The van der Waals surface area contributed by atoms with E-state index in [0.717, 1.165) is 5.56 Å². The smallest absolute Gasteiger partial charge is 0.319 e. The Hall–Kier alpha value is -2.57. The fraction of sp³-hybridized carbons (Fsp3) is 0.357. The molecule has 1 saturated carbocycles. The van der Waals surface area contributed by atoms with E-state index in [1.807, 2.05) is 0 Å². The van der Waals surface area contributed by atoms with Crippen molar-refractivity contribution in [2.24, 2.45) is 5.73 Å². The third-order valence-corrected chi connectivity index (χ3v) is 3.63. The second-order valence-electron chi connectivity index (χ2n) is 5.19. The number of nitrogens with two attached hydrogens (primary N) is 1. The minimum atomic E-state index is -0.823. The van der Waals surface area contributed by atoms with Gasteiger partial charge in [0, 0.05) is 5.69 Å². The summed E-state index contributed by atoms with van der Waals surface area (Å²) in [6.07, 6.45) is 1.26. The second kappa shape index (κ2) is 5.43. The molecule has 21 heavy (non-hydrogen) atoms. The van der Waals surface area contributed by atoms with Gasteiger partial charge in [0.25, 0.3) is 0 Å². The molecule has 112 valence electrons. The van der Waals surface area contributed by atoms with E-state index in [1.54, 1.807) is 24.3 Å². The predicted octanol–water partition coefficient (Wildman–Crippen LogP) is 0.798. The number of nitrogens with one attached hydrogen (secondary N) is 2. The minimum absolute atomic E-state index is 0.508. The van der Waals surface area contributed by atoms with Crippen LogP contribution in [0.2, 0.25) is 0 Å². The summed E-state index contributed by atoms with van der Waals surface area (Å²) in [5.41, 5.74) is 5.52. The van der Waals surface area contributed by atoms with E-state index in [-0.39, 0.29) is 0 Å². The molecule has 0 saturated heterocycles. The molecule has 0 spiro atoms. The van der Waals surface area contributed by atoms with Crippen LogP contribution in [-0.2, 0) is 15.0 Å². The number of carbonyl (C=O) groups excluding carboxylic acids is 2. The summed E-state index contributed by atoms with van der Waals surface area (Å²) in [4.78, 5) is 33.7. The van der Waals surface area contributed by atoms with Crippen molar-refractivity contribution in [2.75, 3.05) is 5.32 Å². The van der Waals surface area contributed by atoms with Crippen molar-refractivity contribution in [1.29, 1.82) is 0 Å². The number of hydrogen-bond acceptors (Lipinski definition) is 3. The quantitative estimate of drug-likeness (QED) is 0.641. The van der Waals surface area contributed by atoms with Gasteiger partial charge in [0.1, 0.15) is 6.04 Å². The van der Waals surface area contributed by atoms with E-state index >= 15 is 0 Å². The first kappa shape index (κ1) is 14.8. The van der Waals surface area contributed by atoms with Crippen molar-refractivity contribution in [3.8, 4) is 0 Å². The molecular formula is C14H17N3O4. The van der Waals surface area contributed by atoms with E-state index in [1.165, 1.54) is 6.92 Å². The highest BCUT2D eigenvalue weighted by molar-refractivity contribution is 5.93. The number of carboxylic acids is 1. The van der Waals surface area contributed by atoms with Crippen LogP contribution in [0, 0.1) is 0 Å². The molecule has 0 aliphatic heterocycles. The Morgan fingerprint density at radius 1 is 1.24 bits per heavy atom. The van der Waals surface area contributed by atoms with Crippen molar-refractivity contribution in [2.45, 2.75) is 31.2 Å². The molecule has 1 aromatic rings. The van der Waals surface area contributed by atoms with Gasteiger partial charge in [0.15, 0.2) is 0 Å². The molecule has 1 aliphatic carbocycles. The van der Waals surface area contributed by atoms with Gasteiger partial charge >= 0.3 is 12.0 Å². The molecule has 7 nitrogen and oxygen atoms in total. The fourth-order valence-electron chi connectivity index (χ4n) is 2.06. The molecule has 1 aromatic carbocycles. The lowest BCUT2D eigenvalue weighted by Gasteiger charge is -2.13. The van der Waals surface area contributed by atoms with Gasteiger partial charge in [-0.2, -0.15) is 0 Å². The van der Waals surface area contributed by atoms with Crippen molar-refractivity contribution >= 4 is 23.6 Å². The first-order valence-electron chi connectivity index (χ1n) is 6.56. The largest absolute Gasteiger partial charge is 0.481 e. The first-order chi connectivity index (χ1) is 9.85. The summed E-state index contributed by atoms with van der Waals surface area (Å²) in [5.74, 6) is -1.45. The molecule has 0 bridgehead atoms. The first-order valence-corrected chi connectivity index (χ1v) is 6.56. The van der Waals surface area contributed by atoms with E-state index in [4.69, 9.17) is 5.73 Å². The zero-order chi connectivity index (χ0) is 15.6. The topological polar surface area (TPSA) is 122 Å². The lowest BCUT2D eigenvalue weighted by molar-refractivity contribution is -0.140. The van der Waals surface area contributed by atoms with Crippen LogP contribution in [0.5, 0.6) is 0 Å². The number of carboxylic acid groups (broad SMARTS) is 1. The Bertz CT molecular complexity index is 578. The number of urea groups is 1. The molecule has 0 aromatic heterocycles. The van der Waals surface area contributed by atoms with Crippen molar-refractivity contribution < 1.29 is 19.5 Å². The number of benzene rings is 1. The van der Waals surface area contributed by atoms with Gasteiger partial charge in [0.2, 0.25) is 5.91 Å². The molecule has 1 atom stereocenters. The maximum Gasteiger partial charge on any atom is 0.319 e. The van der Waals surface area contributed by atoms with Crippen molar-refractivity contribution in [3.63, 3.8) is 0 Å². The summed E-state index contributed by atoms with van der Waals surface area (Å²) in [6, 6.07) is 5.32. The van der Waals surface area contributed by atoms with Gasteiger partial charge in [-0.3, -0.25) is 9.59 Å². The highest BCUT2D eigenvalue weighted by Crippen LogP contribution is 2.48. The molecule has 7 heteroatoms. The van der Waals surface area contributed by atoms with Crippen LogP contribution in [-0.4, -0.2) is 29.1 Å². The number of rotatable bonds is 5. The molecular weight excluding hydrogens is 274 g/mol.